The van der Waals surface area contributed by atoms with Crippen molar-refractivity contribution in [1.82, 2.24) is 25.4 Å². The molecule has 5 nitrogen and oxygen atoms in total. The molecule has 0 bridgehead atoms. The molecule has 0 atom stereocenters. The number of rotatable bonds is 1. The van der Waals surface area contributed by atoms with Crippen LogP contribution in [0, 0.1) is 0 Å². The zero-order valence-corrected chi connectivity index (χ0v) is 7.23. The van der Waals surface area contributed by atoms with Crippen LogP contribution >= 0.6 is 0 Å². The lowest BCUT2D eigenvalue weighted by molar-refractivity contribution is 0.942. The summed E-state index contributed by atoms with van der Waals surface area (Å²) < 4.78 is 0. The molecule has 0 unspecified atom stereocenters. The van der Waals surface area contributed by atoms with Crippen LogP contribution in [0.3, 0.4) is 0 Å². The Bertz CT molecular complexity index is 551. The van der Waals surface area contributed by atoms with Crippen LogP contribution in [0.15, 0.2) is 30.7 Å². The van der Waals surface area contributed by atoms with Crippen molar-refractivity contribution in [2.45, 2.75) is 0 Å². The second-order valence-corrected chi connectivity index (χ2v) is 2.96. The van der Waals surface area contributed by atoms with Gasteiger partial charge in [0.05, 0.1) is 23.6 Å². The van der Waals surface area contributed by atoms with E-state index in [4.69, 9.17) is 0 Å². The Morgan fingerprint density at radius 2 is 2.21 bits per heavy atom. The molecule has 0 amide bonds. The Labute approximate surface area is 79.2 Å². The van der Waals surface area contributed by atoms with Crippen LogP contribution in [0.1, 0.15) is 0 Å². The Kier molecular flexibility index (Phi) is 1.38. The number of para-hydroxylation sites is 1. The molecule has 0 fully saturated rings. The minimum atomic E-state index is 0.808. The predicted molar refractivity (Wildman–Crippen MR) is 51.5 cm³/mol. The number of hydrogen-bond acceptors (Lipinski definition) is 3. The molecule has 3 rings (SSSR count). The van der Waals surface area contributed by atoms with Crippen molar-refractivity contribution in [1.29, 1.82) is 0 Å². The first-order valence-electron chi connectivity index (χ1n) is 4.23. The van der Waals surface area contributed by atoms with Gasteiger partial charge < -0.3 is 4.98 Å². The molecule has 14 heavy (non-hydrogen) atoms. The van der Waals surface area contributed by atoms with Gasteiger partial charge in [-0.2, -0.15) is 15.4 Å². The van der Waals surface area contributed by atoms with E-state index in [1.54, 1.807) is 12.5 Å². The van der Waals surface area contributed by atoms with Crippen molar-refractivity contribution in [3.05, 3.63) is 30.7 Å². The largest absolute Gasteiger partial charge is 0.345 e. The van der Waals surface area contributed by atoms with Gasteiger partial charge >= 0.3 is 0 Å². The maximum atomic E-state index is 4.24. The molecule has 0 aliphatic heterocycles. The standard InChI is InChI=1S/C9H7N5/c1-2-6(8-4-12-14-13-8)9-7(3-1)10-5-11-9/h1-5H,(H,10,11)(H,12,13,14). The third-order valence-electron chi connectivity index (χ3n) is 2.14. The molecular formula is C9H7N5. The molecule has 0 spiro atoms. The predicted octanol–water partition coefficient (Wildman–Crippen LogP) is 1.35. The molecule has 2 aromatic heterocycles. The summed E-state index contributed by atoms with van der Waals surface area (Å²) in [5, 5.41) is 10.4. The number of nitrogens with zero attached hydrogens (tertiary/aromatic N) is 3. The van der Waals surface area contributed by atoms with E-state index < -0.39 is 0 Å². The van der Waals surface area contributed by atoms with Gasteiger partial charge in [0.25, 0.3) is 0 Å². The molecule has 0 saturated carbocycles. The molecule has 0 saturated heterocycles. The van der Waals surface area contributed by atoms with Gasteiger partial charge in [-0.3, -0.25) is 0 Å². The lowest BCUT2D eigenvalue weighted by Crippen LogP contribution is -1.80. The first kappa shape index (κ1) is 7.25. The van der Waals surface area contributed by atoms with Crippen LogP contribution in [0.5, 0.6) is 0 Å². The second-order valence-electron chi connectivity index (χ2n) is 2.96. The SMILES string of the molecule is c1cc(-c2cn[nH]n2)c2nc[nH]c2c1. The van der Waals surface area contributed by atoms with Gasteiger partial charge in [-0.1, -0.05) is 12.1 Å². The third kappa shape index (κ3) is 0.922. The Balaban J connectivity index is 2.36. The zero-order chi connectivity index (χ0) is 9.38. The van der Waals surface area contributed by atoms with Crippen LogP contribution in [0.4, 0.5) is 0 Å². The number of aromatic nitrogens is 5. The van der Waals surface area contributed by atoms with Crippen LogP contribution in [0.2, 0.25) is 0 Å². The summed E-state index contributed by atoms with van der Waals surface area (Å²) in [7, 11) is 0. The zero-order valence-electron chi connectivity index (χ0n) is 7.23. The molecule has 3 aromatic rings. The van der Waals surface area contributed by atoms with Crippen LogP contribution in [-0.4, -0.2) is 25.4 Å². The average molecular weight is 185 g/mol. The number of imidazole rings is 1. The first-order valence-corrected chi connectivity index (χ1v) is 4.23. The van der Waals surface area contributed by atoms with E-state index in [0.717, 1.165) is 22.3 Å². The summed E-state index contributed by atoms with van der Waals surface area (Å²) in [6.45, 7) is 0. The smallest absolute Gasteiger partial charge is 0.115 e. The molecule has 2 heterocycles. The van der Waals surface area contributed by atoms with Crippen LogP contribution in [-0.2, 0) is 0 Å². The van der Waals surface area contributed by atoms with E-state index in [1.807, 2.05) is 18.2 Å². The van der Waals surface area contributed by atoms with Crippen molar-refractivity contribution in [3.8, 4) is 11.3 Å². The average Bonchev–Trinajstić information content (AvgIpc) is 2.88. The molecule has 68 valence electrons. The van der Waals surface area contributed by atoms with Crippen molar-refractivity contribution in [2.24, 2.45) is 0 Å². The van der Waals surface area contributed by atoms with Gasteiger partial charge in [0.15, 0.2) is 0 Å². The maximum absolute atomic E-state index is 4.24. The highest BCUT2D eigenvalue weighted by molar-refractivity contribution is 5.90. The van der Waals surface area contributed by atoms with E-state index in [2.05, 4.69) is 25.4 Å². The molecule has 0 aliphatic rings. The fourth-order valence-electron chi connectivity index (χ4n) is 1.50. The molecule has 0 radical (unpaired) electrons. The molecular weight excluding hydrogens is 178 g/mol. The highest BCUT2D eigenvalue weighted by atomic mass is 15.3. The number of H-pyrrole nitrogens is 2. The van der Waals surface area contributed by atoms with Crippen molar-refractivity contribution >= 4 is 11.0 Å². The van der Waals surface area contributed by atoms with Gasteiger partial charge in [-0.05, 0) is 6.07 Å². The van der Waals surface area contributed by atoms with Crippen molar-refractivity contribution in [2.75, 3.05) is 0 Å². The summed E-state index contributed by atoms with van der Waals surface area (Å²) in [6.07, 6.45) is 3.36. The van der Waals surface area contributed by atoms with Crippen LogP contribution < -0.4 is 0 Å². The number of aromatic amines is 2. The quantitative estimate of drug-likeness (QED) is 0.601. The Hall–Kier alpha value is -2.17. The van der Waals surface area contributed by atoms with Gasteiger partial charge in [0.2, 0.25) is 0 Å². The summed E-state index contributed by atoms with van der Waals surface area (Å²) in [6, 6.07) is 5.91. The summed E-state index contributed by atoms with van der Waals surface area (Å²) in [5.74, 6) is 0. The van der Waals surface area contributed by atoms with E-state index in [9.17, 15) is 0 Å². The number of hydrogen-bond donors (Lipinski definition) is 2. The topological polar surface area (TPSA) is 70.2 Å². The van der Waals surface area contributed by atoms with Gasteiger partial charge in [0, 0.05) is 5.56 Å². The minimum absolute atomic E-state index is 0.808. The van der Waals surface area contributed by atoms with Gasteiger partial charge in [-0.25, -0.2) is 4.98 Å². The fraction of sp³-hybridized carbons (Fsp3) is 0. The molecule has 1 aromatic carbocycles. The van der Waals surface area contributed by atoms with Crippen molar-refractivity contribution < 1.29 is 0 Å². The number of nitrogens with one attached hydrogen (secondary N) is 2. The minimum Gasteiger partial charge on any atom is -0.345 e. The summed E-state index contributed by atoms with van der Waals surface area (Å²) in [5.41, 5.74) is 3.71. The Morgan fingerprint density at radius 1 is 1.21 bits per heavy atom. The van der Waals surface area contributed by atoms with E-state index in [0.29, 0.717) is 0 Å². The molecule has 0 aliphatic carbocycles. The maximum Gasteiger partial charge on any atom is 0.115 e. The fourth-order valence-corrected chi connectivity index (χ4v) is 1.50. The van der Waals surface area contributed by atoms with Crippen LogP contribution in [0.25, 0.3) is 22.3 Å². The molecule has 2 N–H and O–H groups in total. The second kappa shape index (κ2) is 2.66. The Morgan fingerprint density at radius 3 is 3.07 bits per heavy atom. The van der Waals surface area contributed by atoms with Crippen molar-refractivity contribution in [3.63, 3.8) is 0 Å². The number of benzene rings is 1. The van der Waals surface area contributed by atoms with E-state index >= 15 is 0 Å². The van der Waals surface area contributed by atoms with Gasteiger partial charge in [-0.15, -0.1) is 0 Å². The first-order chi connectivity index (χ1) is 6.95. The monoisotopic (exact) mass is 185 g/mol. The summed E-state index contributed by atoms with van der Waals surface area (Å²) >= 11 is 0. The van der Waals surface area contributed by atoms with Gasteiger partial charge in [0.1, 0.15) is 5.69 Å². The highest BCUT2D eigenvalue weighted by Gasteiger charge is 2.06. The lowest BCUT2D eigenvalue weighted by Gasteiger charge is -1.95. The lowest BCUT2D eigenvalue weighted by atomic mass is 10.1. The highest BCUT2D eigenvalue weighted by Crippen LogP contribution is 2.23. The number of fused-ring (bicyclic) bond motifs is 1. The summed E-state index contributed by atoms with van der Waals surface area (Å²) in [4.78, 5) is 7.29. The third-order valence-corrected chi connectivity index (χ3v) is 2.14. The van der Waals surface area contributed by atoms with E-state index in [1.165, 1.54) is 0 Å². The normalized spacial score (nSPS) is 10.9. The molecule has 5 heteroatoms. The van der Waals surface area contributed by atoms with E-state index in [-0.39, 0.29) is 0 Å².